The zero-order valence-corrected chi connectivity index (χ0v) is 13.9. The molecule has 1 aliphatic heterocycles. The Morgan fingerprint density at radius 3 is 2.55 bits per heavy atom. The Balaban J connectivity index is 2.40. The summed E-state index contributed by atoms with van der Waals surface area (Å²) in [5.41, 5.74) is -0.405. The standard InChI is InChI=1S/C16H32N2O2/c1-6-14(7-2)17-11-13-9-8-10-18(12-13)15(19)20-16(3,4)5/h13-14,17H,6-12H2,1-5H3. The summed E-state index contributed by atoms with van der Waals surface area (Å²) >= 11 is 0. The molecule has 1 rings (SSSR count). The van der Waals surface area contributed by atoms with Crippen LogP contribution in [-0.2, 0) is 4.74 Å². The molecule has 20 heavy (non-hydrogen) atoms. The minimum Gasteiger partial charge on any atom is -0.444 e. The zero-order valence-electron chi connectivity index (χ0n) is 13.9. The number of nitrogens with zero attached hydrogens (tertiary/aromatic N) is 1. The first kappa shape index (κ1) is 17.3. The maximum Gasteiger partial charge on any atom is 0.410 e. The molecule has 1 amide bonds. The lowest BCUT2D eigenvalue weighted by molar-refractivity contribution is 0.0165. The topological polar surface area (TPSA) is 41.6 Å². The molecule has 0 bridgehead atoms. The second-order valence-corrected chi connectivity index (χ2v) is 6.86. The fourth-order valence-electron chi connectivity index (χ4n) is 2.63. The van der Waals surface area contributed by atoms with Crippen LogP contribution in [0.3, 0.4) is 0 Å². The lowest BCUT2D eigenvalue weighted by atomic mass is 9.97. The average molecular weight is 284 g/mol. The predicted molar refractivity (Wildman–Crippen MR) is 82.9 cm³/mol. The van der Waals surface area contributed by atoms with Crippen LogP contribution in [0.5, 0.6) is 0 Å². The first-order chi connectivity index (χ1) is 9.35. The molecule has 0 aromatic carbocycles. The van der Waals surface area contributed by atoms with Gasteiger partial charge in [-0.2, -0.15) is 0 Å². The second-order valence-electron chi connectivity index (χ2n) is 6.86. The summed E-state index contributed by atoms with van der Waals surface area (Å²) in [4.78, 5) is 14.0. The number of piperidine rings is 1. The van der Waals surface area contributed by atoms with Crippen molar-refractivity contribution in [1.29, 1.82) is 0 Å². The molecule has 1 N–H and O–H groups in total. The van der Waals surface area contributed by atoms with Crippen molar-refractivity contribution in [2.75, 3.05) is 19.6 Å². The molecule has 0 aliphatic carbocycles. The lowest BCUT2D eigenvalue weighted by Gasteiger charge is -2.34. The smallest absolute Gasteiger partial charge is 0.410 e. The Kier molecular flexibility index (Phi) is 6.80. The van der Waals surface area contributed by atoms with E-state index in [0.717, 1.165) is 26.1 Å². The molecule has 0 aromatic rings. The Morgan fingerprint density at radius 1 is 1.35 bits per heavy atom. The van der Waals surface area contributed by atoms with Gasteiger partial charge in [0.1, 0.15) is 5.60 Å². The maximum atomic E-state index is 12.1. The Bertz CT molecular complexity index is 295. The van der Waals surface area contributed by atoms with Gasteiger partial charge >= 0.3 is 6.09 Å². The van der Waals surface area contributed by atoms with Crippen LogP contribution in [0, 0.1) is 5.92 Å². The summed E-state index contributed by atoms with van der Waals surface area (Å²) in [6.07, 6.45) is 4.45. The fraction of sp³-hybridized carbons (Fsp3) is 0.938. The highest BCUT2D eigenvalue weighted by Crippen LogP contribution is 2.19. The van der Waals surface area contributed by atoms with Gasteiger partial charge in [0.15, 0.2) is 0 Å². The number of nitrogens with one attached hydrogen (secondary N) is 1. The van der Waals surface area contributed by atoms with Crippen molar-refractivity contribution in [3.63, 3.8) is 0 Å². The van der Waals surface area contributed by atoms with Gasteiger partial charge < -0.3 is 15.0 Å². The van der Waals surface area contributed by atoms with Gasteiger partial charge in [0, 0.05) is 19.1 Å². The van der Waals surface area contributed by atoms with Crippen LogP contribution >= 0.6 is 0 Å². The summed E-state index contributed by atoms with van der Waals surface area (Å²) < 4.78 is 5.46. The third kappa shape index (κ3) is 6.12. The van der Waals surface area contributed by atoms with Gasteiger partial charge in [-0.05, 0) is 58.9 Å². The lowest BCUT2D eigenvalue weighted by Crippen LogP contribution is -2.46. The summed E-state index contributed by atoms with van der Waals surface area (Å²) in [5, 5.41) is 3.62. The molecule has 4 nitrogen and oxygen atoms in total. The fourth-order valence-corrected chi connectivity index (χ4v) is 2.63. The highest BCUT2D eigenvalue weighted by Gasteiger charge is 2.27. The number of hydrogen-bond donors (Lipinski definition) is 1. The van der Waals surface area contributed by atoms with Crippen LogP contribution in [0.1, 0.15) is 60.3 Å². The van der Waals surface area contributed by atoms with E-state index in [2.05, 4.69) is 19.2 Å². The Hall–Kier alpha value is -0.770. The normalized spacial score (nSPS) is 20.3. The highest BCUT2D eigenvalue weighted by molar-refractivity contribution is 5.68. The van der Waals surface area contributed by atoms with Crippen molar-refractivity contribution < 1.29 is 9.53 Å². The Labute approximate surface area is 124 Å². The molecule has 1 aliphatic rings. The van der Waals surface area contributed by atoms with Crippen LogP contribution in [0.15, 0.2) is 0 Å². The van der Waals surface area contributed by atoms with E-state index in [-0.39, 0.29) is 6.09 Å². The van der Waals surface area contributed by atoms with Crippen LogP contribution in [-0.4, -0.2) is 42.3 Å². The van der Waals surface area contributed by atoms with E-state index in [4.69, 9.17) is 4.74 Å². The van der Waals surface area contributed by atoms with Crippen LogP contribution in [0.2, 0.25) is 0 Å². The monoisotopic (exact) mass is 284 g/mol. The summed E-state index contributed by atoms with van der Waals surface area (Å²) in [6.45, 7) is 12.8. The molecule has 1 heterocycles. The van der Waals surface area contributed by atoms with Crippen molar-refractivity contribution in [3.05, 3.63) is 0 Å². The SMILES string of the molecule is CCC(CC)NCC1CCCN(C(=O)OC(C)(C)C)C1. The number of amides is 1. The summed E-state index contributed by atoms with van der Waals surface area (Å²) in [5.74, 6) is 0.553. The molecule has 118 valence electrons. The number of ether oxygens (including phenoxy) is 1. The quantitative estimate of drug-likeness (QED) is 0.841. The van der Waals surface area contributed by atoms with Crippen LogP contribution in [0.4, 0.5) is 4.79 Å². The average Bonchev–Trinajstić information content (AvgIpc) is 2.38. The van der Waals surface area contributed by atoms with Gasteiger partial charge in [-0.15, -0.1) is 0 Å². The largest absolute Gasteiger partial charge is 0.444 e. The Morgan fingerprint density at radius 2 is 2.00 bits per heavy atom. The molecule has 1 saturated heterocycles. The van der Waals surface area contributed by atoms with E-state index < -0.39 is 5.60 Å². The van der Waals surface area contributed by atoms with Gasteiger partial charge in [-0.1, -0.05) is 13.8 Å². The molecule has 1 fully saturated rings. The molecule has 4 heteroatoms. The third-order valence-corrected chi connectivity index (χ3v) is 3.85. The van der Waals surface area contributed by atoms with E-state index in [1.165, 1.54) is 19.3 Å². The van der Waals surface area contributed by atoms with Crippen molar-refractivity contribution in [2.24, 2.45) is 5.92 Å². The van der Waals surface area contributed by atoms with E-state index in [1.807, 2.05) is 25.7 Å². The van der Waals surface area contributed by atoms with E-state index >= 15 is 0 Å². The van der Waals surface area contributed by atoms with Gasteiger partial charge in [-0.25, -0.2) is 4.79 Å². The maximum absolute atomic E-state index is 12.1. The first-order valence-corrected chi connectivity index (χ1v) is 8.07. The second kappa shape index (κ2) is 7.87. The van der Waals surface area contributed by atoms with Crippen LogP contribution in [0.25, 0.3) is 0 Å². The summed E-state index contributed by atoms with van der Waals surface area (Å²) in [7, 11) is 0. The number of rotatable bonds is 5. The van der Waals surface area contributed by atoms with Gasteiger partial charge in [0.05, 0.1) is 0 Å². The molecule has 0 spiro atoms. The molecular formula is C16H32N2O2. The molecule has 0 saturated carbocycles. The van der Waals surface area contributed by atoms with Crippen molar-refractivity contribution in [3.8, 4) is 0 Å². The highest BCUT2D eigenvalue weighted by atomic mass is 16.6. The summed E-state index contributed by atoms with van der Waals surface area (Å²) in [6, 6.07) is 0.604. The molecule has 0 radical (unpaired) electrons. The van der Waals surface area contributed by atoms with Crippen LogP contribution < -0.4 is 5.32 Å². The van der Waals surface area contributed by atoms with Gasteiger partial charge in [0.2, 0.25) is 0 Å². The minimum atomic E-state index is -0.405. The van der Waals surface area contributed by atoms with Crippen molar-refractivity contribution in [2.45, 2.75) is 71.9 Å². The van der Waals surface area contributed by atoms with E-state index in [0.29, 0.717) is 12.0 Å². The minimum absolute atomic E-state index is 0.162. The van der Waals surface area contributed by atoms with E-state index in [9.17, 15) is 4.79 Å². The molecule has 1 atom stereocenters. The third-order valence-electron chi connectivity index (χ3n) is 3.85. The molecular weight excluding hydrogens is 252 g/mol. The number of carbonyl (C=O) groups is 1. The van der Waals surface area contributed by atoms with Gasteiger partial charge in [-0.3, -0.25) is 0 Å². The molecule has 0 aromatic heterocycles. The number of likely N-dealkylation sites (tertiary alicyclic amines) is 1. The predicted octanol–water partition coefficient (Wildman–Crippen LogP) is 3.41. The van der Waals surface area contributed by atoms with Crippen molar-refractivity contribution >= 4 is 6.09 Å². The first-order valence-electron chi connectivity index (χ1n) is 8.07. The van der Waals surface area contributed by atoms with Gasteiger partial charge in [0.25, 0.3) is 0 Å². The number of carbonyl (C=O) groups excluding carboxylic acids is 1. The zero-order chi connectivity index (χ0) is 15.2. The van der Waals surface area contributed by atoms with E-state index in [1.54, 1.807) is 0 Å². The van der Waals surface area contributed by atoms with Crippen molar-refractivity contribution in [1.82, 2.24) is 10.2 Å². The number of hydrogen-bond acceptors (Lipinski definition) is 3. The molecule has 1 unspecified atom stereocenters.